The second kappa shape index (κ2) is 7.75. The van der Waals surface area contributed by atoms with E-state index in [1.165, 1.54) is 6.20 Å². The highest BCUT2D eigenvalue weighted by Gasteiger charge is 2.35. The van der Waals surface area contributed by atoms with Crippen LogP contribution in [0.3, 0.4) is 0 Å². The summed E-state index contributed by atoms with van der Waals surface area (Å²) in [6.45, 7) is 4.91. The van der Waals surface area contributed by atoms with Gasteiger partial charge < -0.3 is 30.0 Å². The van der Waals surface area contributed by atoms with Gasteiger partial charge in [0.05, 0.1) is 39.5 Å². The Morgan fingerprint density at radius 2 is 2.12 bits per heavy atom. The summed E-state index contributed by atoms with van der Waals surface area (Å²) in [6, 6.07) is 7.81. The number of aromatic carboxylic acids is 1. The van der Waals surface area contributed by atoms with Crippen LogP contribution in [0.25, 0.3) is 21.9 Å². The van der Waals surface area contributed by atoms with Crippen molar-refractivity contribution < 1.29 is 19.0 Å². The molecule has 4 aromatic rings. The summed E-state index contributed by atoms with van der Waals surface area (Å²) in [7, 11) is 0. The molecule has 0 atom stereocenters. The van der Waals surface area contributed by atoms with E-state index < -0.39 is 34.0 Å². The fourth-order valence-electron chi connectivity index (χ4n) is 4.45. The van der Waals surface area contributed by atoms with Gasteiger partial charge in [0, 0.05) is 19.3 Å². The predicted octanol–water partition coefficient (Wildman–Crippen LogP) is 3.40. The number of nitrogens with two attached hydrogens (primary N) is 1. The molecule has 5 rings (SSSR count). The molecule has 1 aliphatic rings. The number of carbonyl (C=O) groups is 1. The number of nitrogen functional groups attached to an aromatic ring is 1. The zero-order valence-electron chi connectivity index (χ0n) is 18.8. The molecular weight excluding hydrogens is 441 g/mol. The monoisotopic (exact) mass is 465 g/mol. The number of hydrogen-bond donors (Lipinski definition) is 3. The molecule has 0 unspecified atom stereocenters. The van der Waals surface area contributed by atoms with Gasteiger partial charge >= 0.3 is 5.97 Å². The van der Waals surface area contributed by atoms with Crippen molar-refractivity contribution in [3.8, 4) is 5.75 Å². The van der Waals surface area contributed by atoms with Crippen LogP contribution in [0.4, 0.5) is 15.8 Å². The van der Waals surface area contributed by atoms with Gasteiger partial charge in [-0.1, -0.05) is 12.1 Å². The van der Waals surface area contributed by atoms with Crippen LogP contribution in [0, 0.1) is 5.82 Å². The number of benzene rings is 2. The van der Waals surface area contributed by atoms with Crippen molar-refractivity contribution >= 4 is 39.3 Å². The van der Waals surface area contributed by atoms with E-state index in [1.54, 1.807) is 10.9 Å². The number of carboxylic acids is 1. The second-order valence-corrected chi connectivity index (χ2v) is 9.01. The van der Waals surface area contributed by atoms with Crippen molar-refractivity contribution in [2.45, 2.75) is 32.4 Å². The van der Waals surface area contributed by atoms with Crippen LogP contribution in [0.1, 0.15) is 30.6 Å². The van der Waals surface area contributed by atoms with Crippen LogP contribution in [0.5, 0.6) is 5.75 Å². The van der Waals surface area contributed by atoms with E-state index >= 15 is 4.39 Å². The lowest BCUT2D eigenvalue weighted by atomic mass is 9.98. The molecule has 0 saturated carbocycles. The summed E-state index contributed by atoms with van der Waals surface area (Å²) in [5.74, 6) is -2.07. The van der Waals surface area contributed by atoms with Gasteiger partial charge in [-0.25, -0.2) is 14.2 Å². The van der Waals surface area contributed by atoms with E-state index in [1.807, 2.05) is 42.7 Å². The zero-order valence-corrected chi connectivity index (χ0v) is 18.8. The van der Waals surface area contributed by atoms with Crippen LogP contribution in [0.15, 0.2) is 41.6 Å². The number of halogens is 1. The Bertz CT molecular complexity index is 1520. The van der Waals surface area contributed by atoms with E-state index in [9.17, 15) is 14.7 Å². The summed E-state index contributed by atoms with van der Waals surface area (Å²) in [5, 5.41) is 12.4. The molecule has 176 valence electrons. The highest BCUT2D eigenvalue weighted by molar-refractivity contribution is 6.03. The largest absolute Gasteiger partial charge is 0.487 e. The van der Waals surface area contributed by atoms with Crippen LogP contribution >= 0.6 is 0 Å². The Balaban J connectivity index is 1.52. The number of anilines is 2. The molecule has 0 fully saturated rings. The van der Waals surface area contributed by atoms with E-state index in [-0.39, 0.29) is 28.9 Å². The maximum atomic E-state index is 15.4. The fourth-order valence-corrected chi connectivity index (χ4v) is 4.45. The number of fused-ring (bicyclic) bond motifs is 1. The number of ether oxygens (including phenoxy) is 1. The van der Waals surface area contributed by atoms with E-state index in [0.717, 1.165) is 11.0 Å². The topological polar surface area (TPSA) is 124 Å². The van der Waals surface area contributed by atoms with Crippen molar-refractivity contribution in [2.75, 3.05) is 24.2 Å². The zero-order chi connectivity index (χ0) is 24.2. The first-order valence-electron chi connectivity index (χ1n) is 10.9. The number of aryl methyl sites for hydroxylation is 1. The average Bonchev–Trinajstić information content (AvgIpc) is 3.21. The minimum absolute atomic E-state index is 0.0622. The maximum absolute atomic E-state index is 15.4. The number of para-hydroxylation sites is 2. The third-order valence-electron chi connectivity index (χ3n) is 6.23. The SMILES string of the molecule is CC1(C)COc2c(NCCCn3cnc4ccccc43)c(F)c(N)c3c(=O)c(C(=O)O)cn1c23. The summed E-state index contributed by atoms with van der Waals surface area (Å²) in [6.07, 6.45) is 3.71. The number of nitrogens with one attached hydrogen (secondary N) is 1. The minimum atomic E-state index is -1.39. The smallest absolute Gasteiger partial charge is 0.341 e. The van der Waals surface area contributed by atoms with Crippen molar-refractivity contribution in [2.24, 2.45) is 0 Å². The van der Waals surface area contributed by atoms with E-state index in [4.69, 9.17) is 10.5 Å². The van der Waals surface area contributed by atoms with E-state index in [0.29, 0.717) is 19.5 Å². The number of carboxylic acid groups (broad SMARTS) is 1. The first kappa shape index (κ1) is 21.7. The molecule has 0 aliphatic carbocycles. The van der Waals surface area contributed by atoms with Crippen LogP contribution in [-0.4, -0.2) is 38.3 Å². The molecule has 0 amide bonds. The number of hydrogen-bond acceptors (Lipinski definition) is 6. The first-order valence-corrected chi connectivity index (χ1v) is 10.9. The standard InChI is InChI=1S/C24H24FN5O4/c1-24(2)11-34-22-19(27-8-5-9-29-12-28-14-6-3-4-7-15(14)29)17(25)18(26)16-20(22)30(24)10-13(21(16)31)23(32)33/h3-4,6-7,10,12,27H,5,8-9,11,26H2,1-2H3,(H,32,33). The highest BCUT2D eigenvalue weighted by Crippen LogP contribution is 2.44. The van der Waals surface area contributed by atoms with Gasteiger partial charge in [0.1, 0.15) is 17.9 Å². The number of rotatable bonds is 6. The third-order valence-corrected chi connectivity index (χ3v) is 6.23. The summed E-state index contributed by atoms with van der Waals surface area (Å²) in [5.41, 5.74) is 5.94. The van der Waals surface area contributed by atoms with Gasteiger partial charge in [0.25, 0.3) is 0 Å². The third kappa shape index (κ3) is 3.25. The van der Waals surface area contributed by atoms with Crippen molar-refractivity contribution in [1.82, 2.24) is 14.1 Å². The molecule has 0 spiro atoms. The molecule has 0 bridgehead atoms. The number of aromatic nitrogens is 3. The van der Waals surface area contributed by atoms with Crippen LogP contribution in [0.2, 0.25) is 0 Å². The highest BCUT2D eigenvalue weighted by atomic mass is 19.1. The summed E-state index contributed by atoms with van der Waals surface area (Å²) in [4.78, 5) is 28.9. The molecule has 0 radical (unpaired) electrons. The van der Waals surface area contributed by atoms with Crippen molar-refractivity contribution in [1.29, 1.82) is 0 Å². The normalized spacial score (nSPS) is 14.3. The first-order chi connectivity index (χ1) is 16.2. The van der Waals surface area contributed by atoms with Gasteiger partial charge in [-0.15, -0.1) is 0 Å². The van der Waals surface area contributed by atoms with Crippen molar-refractivity contribution in [3.05, 3.63) is 58.4 Å². The van der Waals surface area contributed by atoms with Crippen LogP contribution < -0.4 is 21.2 Å². The van der Waals surface area contributed by atoms with E-state index in [2.05, 4.69) is 10.3 Å². The molecule has 10 heteroatoms. The lowest BCUT2D eigenvalue weighted by Gasteiger charge is -2.36. The molecule has 34 heavy (non-hydrogen) atoms. The molecular formula is C24H24FN5O4. The Morgan fingerprint density at radius 1 is 1.35 bits per heavy atom. The van der Waals surface area contributed by atoms with Gasteiger partial charge in [-0.3, -0.25) is 4.79 Å². The van der Waals surface area contributed by atoms with Gasteiger partial charge in [-0.05, 0) is 32.4 Å². The molecule has 3 heterocycles. The van der Waals surface area contributed by atoms with Gasteiger partial charge in [0.2, 0.25) is 5.43 Å². The van der Waals surface area contributed by atoms with Gasteiger partial charge in [0.15, 0.2) is 11.6 Å². The van der Waals surface area contributed by atoms with Gasteiger partial charge in [-0.2, -0.15) is 0 Å². The number of imidazole rings is 1. The lowest BCUT2D eigenvalue weighted by molar-refractivity contribution is 0.0693. The molecule has 0 saturated heterocycles. The molecule has 2 aromatic carbocycles. The Hall–Kier alpha value is -4.08. The van der Waals surface area contributed by atoms with Crippen LogP contribution in [-0.2, 0) is 12.1 Å². The van der Waals surface area contributed by atoms with Crippen molar-refractivity contribution in [3.63, 3.8) is 0 Å². The molecule has 2 aromatic heterocycles. The Kier molecular flexibility index (Phi) is 4.96. The quantitative estimate of drug-likeness (QED) is 0.294. The Labute approximate surface area is 193 Å². The maximum Gasteiger partial charge on any atom is 0.341 e. The number of pyridine rings is 1. The minimum Gasteiger partial charge on any atom is -0.487 e. The predicted molar refractivity (Wildman–Crippen MR) is 127 cm³/mol. The fraction of sp³-hybridized carbons (Fsp3) is 0.292. The Morgan fingerprint density at radius 3 is 2.88 bits per heavy atom. The molecule has 4 N–H and O–H groups in total. The lowest BCUT2D eigenvalue weighted by Crippen LogP contribution is -2.39. The molecule has 1 aliphatic heterocycles. The average molecular weight is 465 g/mol. The second-order valence-electron chi connectivity index (χ2n) is 9.01. The number of nitrogens with zero attached hydrogens (tertiary/aromatic N) is 3. The summed E-state index contributed by atoms with van der Waals surface area (Å²) < 4.78 is 25.0. The molecule has 9 nitrogen and oxygen atoms in total. The summed E-state index contributed by atoms with van der Waals surface area (Å²) >= 11 is 0.